The van der Waals surface area contributed by atoms with E-state index in [1.807, 2.05) is 0 Å². The minimum absolute atomic E-state index is 0.221. The number of hydrogen-bond acceptors (Lipinski definition) is 3. The molecule has 1 atom stereocenters. The molecule has 0 aromatic carbocycles. The Balaban J connectivity index is 4.83. The van der Waals surface area contributed by atoms with Crippen molar-refractivity contribution in [3.8, 4) is 0 Å². The van der Waals surface area contributed by atoms with E-state index in [4.69, 9.17) is 0 Å². The molecular formula is C9H17NO3. The highest BCUT2D eigenvalue weighted by Gasteiger charge is 2.41. The molecule has 4 heteroatoms. The maximum absolute atomic E-state index is 11.6. The molecule has 1 unspecified atom stereocenters. The lowest BCUT2D eigenvalue weighted by Crippen LogP contribution is -2.44. The fraction of sp³-hybridized carbons (Fsp3) is 0.778. The number of methoxy groups -OCH3 is 1. The Hall–Kier alpha value is -1.06. The lowest BCUT2D eigenvalue weighted by atomic mass is 9.86. The highest BCUT2D eigenvalue weighted by Crippen LogP contribution is 2.24. The van der Waals surface area contributed by atoms with Crippen LogP contribution < -0.4 is 0 Å². The van der Waals surface area contributed by atoms with E-state index in [-0.39, 0.29) is 5.91 Å². The molecule has 76 valence electrons. The Morgan fingerprint density at radius 1 is 1.38 bits per heavy atom. The summed E-state index contributed by atoms with van der Waals surface area (Å²) in [6.07, 6.45) is 0.441. The zero-order chi connectivity index (χ0) is 10.6. The van der Waals surface area contributed by atoms with Crippen molar-refractivity contribution in [2.45, 2.75) is 20.3 Å². The third-order valence-electron chi connectivity index (χ3n) is 2.22. The van der Waals surface area contributed by atoms with Crippen molar-refractivity contribution in [2.24, 2.45) is 5.41 Å². The zero-order valence-electron chi connectivity index (χ0n) is 8.88. The van der Waals surface area contributed by atoms with Crippen LogP contribution in [0.5, 0.6) is 0 Å². The van der Waals surface area contributed by atoms with Gasteiger partial charge >= 0.3 is 5.97 Å². The van der Waals surface area contributed by atoms with Gasteiger partial charge in [-0.3, -0.25) is 9.59 Å². The van der Waals surface area contributed by atoms with E-state index in [1.54, 1.807) is 27.9 Å². The largest absolute Gasteiger partial charge is 0.468 e. The van der Waals surface area contributed by atoms with E-state index in [9.17, 15) is 9.59 Å². The number of nitrogens with zero attached hydrogens (tertiary/aromatic N) is 1. The first-order valence-corrected chi connectivity index (χ1v) is 4.20. The van der Waals surface area contributed by atoms with Gasteiger partial charge in [0.25, 0.3) is 0 Å². The molecular weight excluding hydrogens is 170 g/mol. The summed E-state index contributed by atoms with van der Waals surface area (Å²) in [5.41, 5.74) is -1.04. The minimum Gasteiger partial charge on any atom is -0.468 e. The van der Waals surface area contributed by atoms with E-state index in [1.165, 1.54) is 12.0 Å². The van der Waals surface area contributed by atoms with Crippen molar-refractivity contribution in [3.05, 3.63) is 0 Å². The third-order valence-corrected chi connectivity index (χ3v) is 2.22. The number of ether oxygens (including phenoxy) is 1. The molecule has 0 aliphatic heterocycles. The molecule has 1 amide bonds. The first-order valence-electron chi connectivity index (χ1n) is 4.20. The zero-order valence-corrected chi connectivity index (χ0v) is 8.88. The molecule has 0 N–H and O–H groups in total. The van der Waals surface area contributed by atoms with Crippen molar-refractivity contribution in [1.29, 1.82) is 0 Å². The van der Waals surface area contributed by atoms with Crippen LogP contribution >= 0.6 is 0 Å². The Morgan fingerprint density at radius 3 is 2.08 bits per heavy atom. The molecule has 0 heterocycles. The average Bonchev–Trinajstić information content (AvgIpc) is 2.13. The van der Waals surface area contributed by atoms with Crippen LogP contribution in [0.4, 0.5) is 0 Å². The first kappa shape index (κ1) is 11.9. The number of amides is 1. The lowest BCUT2D eigenvalue weighted by molar-refractivity contribution is -0.161. The fourth-order valence-corrected chi connectivity index (χ4v) is 1.10. The van der Waals surface area contributed by atoms with Crippen molar-refractivity contribution in [2.75, 3.05) is 21.2 Å². The minimum atomic E-state index is -1.04. The number of carbonyl (C=O) groups excluding carboxylic acids is 2. The second-order valence-corrected chi connectivity index (χ2v) is 3.38. The van der Waals surface area contributed by atoms with Gasteiger partial charge in [0, 0.05) is 14.1 Å². The van der Waals surface area contributed by atoms with Crippen LogP contribution in [-0.2, 0) is 14.3 Å². The highest BCUT2D eigenvalue weighted by molar-refractivity contribution is 6.01. The Morgan fingerprint density at radius 2 is 1.85 bits per heavy atom. The van der Waals surface area contributed by atoms with Gasteiger partial charge in [-0.25, -0.2) is 0 Å². The van der Waals surface area contributed by atoms with E-state index < -0.39 is 11.4 Å². The second-order valence-electron chi connectivity index (χ2n) is 3.38. The average molecular weight is 187 g/mol. The molecule has 0 saturated carbocycles. The summed E-state index contributed by atoms with van der Waals surface area (Å²) in [7, 11) is 4.54. The van der Waals surface area contributed by atoms with Crippen LogP contribution in [0.3, 0.4) is 0 Å². The smallest absolute Gasteiger partial charge is 0.321 e. The molecule has 0 aromatic heterocycles. The van der Waals surface area contributed by atoms with Gasteiger partial charge in [-0.15, -0.1) is 0 Å². The number of esters is 1. The van der Waals surface area contributed by atoms with Crippen molar-refractivity contribution < 1.29 is 14.3 Å². The SMILES string of the molecule is CCC(C)(C(=O)OC)C(=O)N(C)C. The van der Waals surface area contributed by atoms with E-state index in [0.29, 0.717) is 6.42 Å². The number of rotatable bonds is 3. The fourth-order valence-electron chi connectivity index (χ4n) is 1.10. The summed E-state index contributed by atoms with van der Waals surface area (Å²) in [5.74, 6) is -0.699. The van der Waals surface area contributed by atoms with Gasteiger partial charge in [0.2, 0.25) is 5.91 Å². The predicted molar refractivity (Wildman–Crippen MR) is 49.1 cm³/mol. The van der Waals surface area contributed by atoms with Crippen LogP contribution in [0.25, 0.3) is 0 Å². The summed E-state index contributed by atoms with van der Waals surface area (Å²) < 4.78 is 4.59. The molecule has 0 fully saturated rings. The molecule has 0 rings (SSSR count). The Kier molecular flexibility index (Phi) is 3.91. The maximum atomic E-state index is 11.6. The summed E-state index contributed by atoms with van der Waals surface area (Å²) in [6.45, 7) is 3.39. The molecule has 0 aromatic rings. The first-order chi connectivity index (χ1) is 5.90. The molecule has 0 aliphatic rings. The summed E-state index contributed by atoms with van der Waals surface area (Å²) >= 11 is 0. The van der Waals surface area contributed by atoms with E-state index >= 15 is 0 Å². The van der Waals surface area contributed by atoms with Gasteiger partial charge in [0.1, 0.15) is 5.41 Å². The van der Waals surface area contributed by atoms with Gasteiger partial charge < -0.3 is 9.64 Å². The number of hydrogen-bond donors (Lipinski definition) is 0. The maximum Gasteiger partial charge on any atom is 0.321 e. The predicted octanol–water partition coefficient (Wildman–Crippen LogP) is 0.664. The summed E-state index contributed by atoms with van der Waals surface area (Å²) in [6, 6.07) is 0. The molecule has 0 bridgehead atoms. The van der Waals surface area contributed by atoms with E-state index in [2.05, 4.69) is 4.74 Å². The van der Waals surface area contributed by atoms with Gasteiger partial charge in [0.05, 0.1) is 7.11 Å². The van der Waals surface area contributed by atoms with Gasteiger partial charge in [-0.05, 0) is 13.3 Å². The van der Waals surface area contributed by atoms with Crippen molar-refractivity contribution in [3.63, 3.8) is 0 Å². The molecule has 0 aliphatic carbocycles. The van der Waals surface area contributed by atoms with Gasteiger partial charge in [0.15, 0.2) is 0 Å². The normalized spacial score (nSPS) is 14.5. The Bertz CT molecular complexity index is 213. The Labute approximate surface area is 78.9 Å². The van der Waals surface area contributed by atoms with Crippen LogP contribution in [0.2, 0.25) is 0 Å². The van der Waals surface area contributed by atoms with Crippen LogP contribution in [0.1, 0.15) is 20.3 Å². The van der Waals surface area contributed by atoms with Crippen LogP contribution in [0.15, 0.2) is 0 Å². The van der Waals surface area contributed by atoms with Gasteiger partial charge in [-0.1, -0.05) is 6.92 Å². The standard InChI is InChI=1S/C9H17NO3/c1-6-9(2,8(12)13-5)7(11)10(3)4/h6H2,1-5H3. The van der Waals surface area contributed by atoms with E-state index in [0.717, 1.165) is 0 Å². The molecule has 0 saturated heterocycles. The van der Waals surface area contributed by atoms with Crippen LogP contribution in [0, 0.1) is 5.41 Å². The van der Waals surface area contributed by atoms with Gasteiger partial charge in [-0.2, -0.15) is 0 Å². The third kappa shape index (κ3) is 2.20. The summed E-state index contributed by atoms with van der Waals surface area (Å²) in [5, 5.41) is 0. The molecule has 0 spiro atoms. The molecule has 4 nitrogen and oxygen atoms in total. The summed E-state index contributed by atoms with van der Waals surface area (Å²) in [4.78, 5) is 24.4. The van der Waals surface area contributed by atoms with Crippen LogP contribution in [-0.4, -0.2) is 38.0 Å². The topological polar surface area (TPSA) is 46.6 Å². The molecule has 0 radical (unpaired) electrons. The van der Waals surface area contributed by atoms with Crippen molar-refractivity contribution in [1.82, 2.24) is 4.90 Å². The number of carbonyl (C=O) groups is 2. The molecule has 13 heavy (non-hydrogen) atoms. The van der Waals surface area contributed by atoms with Crippen molar-refractivity contribution >= 4 is 11.9 Å². The quantitative estimate of drug-likeness (QED) is 0.482. The lowest BCUT2D eigenvalue weighted by Gasteiger charge is -2.26. The highest BCUT2D eigenvalue weighted by atomic mass is 16.5. The second kappa shape index (κ2) is 4.25. The monoisotopic (exact) mass is 187 g/mol.